The molecule has 2 aromatic carbocycles. The molecule has 0 fully saturated rings. The third kappa shape index (κ3) is 3.90. The predicted octanol–water partition coefficient (Wildman–Crippen LogP) is 4.22. The number of ketones is 2. The van der Waals surface area contributed by atoms with Crippen molar-refractivity contribution in [2.45, 2.75) is 38.7 Å². The monoisotopic (exact) mass is 381 g/mol. The van der Waals surface area contributed by atoms with Crippen molar-refractivity contribution in [3.8, 4) is 0 Å². The number of nitrogens with one attached hydrogen (secondary N) is 1. The third-order valence-electron chi connectivity index (χ3n) is 5.29. The van der Waals surface area contributed by atoms with E-state index in [1.54, 1.807) is 19.1 Å². The fraction of sp³-hybridized carbons (Fsp3) is 0.304. The third-order valence-corrected chi connectivity index (χ3v) is 5.29. The van der Waals surface area contributed by atoms with Crippen molar-refractivity contribution in [3.05, 3.63) is 77.2 Å². The van der Waals surface area contributed by atoms with Gasteiger partial charge in [0.1, 0.15) is 11.6 Å². The minimum Gasteiger partial charge on any atom is -0.389 e. The number of carbonyl (C=O) groups excluding carboxylic acids is 2. The molecule has 4 nitrogen and oxygen atoms in total. The fourth-order valence-corrected chi connectivity index (χ4v) is 4.22. The van der Waals surface area contributed by atoms with Crippen molar-refractivity contribution in [1.29, 1.82) is 0 Å². The lowest BCUT2D eigenvalue weighted by molar-refractivity contribution is -0.131. The van der Waals surface area contributed by atoms with Crippen LogP contribution in [0.1, 0.15) is 38.7 Å². The SMILES string of the molecule is CC(=O)C1=C(Nc2ccccc2)C[C@](C)(O)[C@H](C(C)=O)[C@H]1c1ccc(F)cc1. The van der Waals surface area contributed by atoms with Gasteiger partial charge in [0, 0.05) is 29.3 Å². The Balaban J connectivity index is 2.21. The van der Waals surface area contributed by atoms with Crippen LogP contribution in [0.15, 0.2) is 65.9 Å². The predicted molar refractivity (Wildman–Crippen MR) is 106 cm³/mol. The lowest BCUT2D eigenvalue weighted by Crippen LogP contribution is -2.48. The number of halogens is 1. The number of rotatable bonds is 5. The summed E-state index contributed by atoms with van der Waals surface area (Å²) in [4.78, 5) is 25.2. The normalized spacial score (nSPS) is 24.8. The molecule has 28 heavy (non-hydrogen) atoms. The van der Waals surface area contributed by atoms with Gasteiger partial charge in [-0.1, -0.05) is 30.3 Å². The van der Waals surface area contributed by atoms with E-state index in [9.17, 15) is 19.1 Å². The van der Waals surface area contributed by atoms with Gasteiger partial charge in [0.15, 0.2) is 5.78 Å². The minimum atomic E-state index is -1.36. The van der Waals surface area contributed by atoms with Crippen molar-refractivity contribution in [3.63, 3.8) is 0 Å². The number of hydrogen-bond acceptors (Lipinski definition) is 4. The number of para-hydroxylation sites is 1. The summed E-state index contributed by atoms with van der Waals surface area (Å²) in [5.41, 5.74) is 1.07. The Kier molecular flexibility index (Phi) is 5.47. The van der Waals surface area contributed by atoms with E-state index in [1.165, 1.54) is 26.0 Å². The van der Waals surface area contributed by atoms with Crippen LogP contribution >= 0.6 is 0 Å². The van der Waals surface area contributed by atoms with E-state index in [1.807, 2.05) is 30.3 Å². The number of benzene rings is 2. The van der Waals surface area contributed by atoms with Crippen LogP contribution in [0.2, 0.25) is 0 Å². The van der Waals surface area contributed by atoms with E-state index in [0.29, 0.717) is 16.8 Å². The summed E-state index contributed by atoms with van der Waals surface area (Å²) in [6.45, 7) is 4.48. The molecule has 0 unspecified atom stereocenters. The molecule has 0 aromatic heterocycles. The fourth-order valence-electron chi connectivity index (χ4n) is 4.22. The number of anilines is 1. The van der Waals surface area contributed by atoms with Crippen LogP contribution in [0.3, 0.4) is 0 Å². The summed E-state index contributed by atoms with van der Waals surface area (Å²) in [5.74, 6) is -2.27. The highest BCUT2D eigenvalue weighted by Gasteiger charge is 2.49. The van der Waals surface area contributed by atoms with E-state index in [0.717, 1.165) is 5.69 Å². The average molecular weight is 381 g/mol. The standard InChI is InChI=1S/C23H24FNO3/c1-14(26)20-19(25-18-7-5-4-6-8-18)13-23(3,28)22(15(2)27)21(20)16-9-11-17(24)12-10-16/h4-12,21-22,25,28H,13H2,1-3H3/t21-,22+,23-/m0/s1. The first-order valence-electron chi connectivity index (χ1n) is 9.25. The molecule has 2 aromatic rings. The summed E-state index contributed by atoms with van der Waals surface area (Å²) in [7, 11) is 0. The maximum Gasteiger partial charge on any atom is 0.158 e. The van der Waals surface area contributed by atoms with E-state index >= 15 is 0 Å². The minimum absolute atomic E-state index is 0.138. The number of allylic oxidation sites excluding steroid dienone is 1. The van der Waals surface area contributed by atoms with E-state index in [-0.39, 0.29) is 18.0 Å². The molecule has 0 amide bonds. The van der Waals surface area contributed by atoms with Crippen molar-refractivity contribution >= 4 is 17.3 Å². The smallest absolute Gasteiger partial charge is 0.158 e. The van der Waals surface area contributed by atoms with Crippen LogP contribution in [-0.2, 0) is 9.59 Å². The molecule has 5 heteroatoms. The lowest BCUT2D eigenvalue weighted by Gasteiger charge is -2.43. The number of carbonyl (C=O) groups is 2. The van der Waals surface area contributed by atoms with Crippen LogP contribution in [0.5, 0.6) is 0 Å². The Morgan fingerprint density at radius 1 is 1.07 bits per heavy atom. The summed E-state index contributed by atoms with van der Waals surface area (Å²) in [6, 6.07) is 15.1. The second kappa shape index (κ2) is 7.68. The molecule has 0 bridgehead atoms. The van der Waals surface area contributed by atoms with Gasteiger partial charge >= 0.3 is 0 Å². The first-order valence-corrected chi connectivity index (χ1v) is 9.25. The molecule has 1 aliphatic rings. The zero-order valence-corrected chi connectivity index (χ0v) is 16.2. The first-order chi connectivity index (χ1) is 13.2. The van der Waals surface area contributed by atoms with Gasteiger partial charge in [0.25, 0.3) is 0 Å². The molecule has 3 rings (SSSR count). The molecular weight excluding hydrogens is 357 g/mol. The molecule has 3 atom stereocenters. The van der Waals surface area contributed by atoms with Gasteiger partial charge in [-0.3, -0.25) is 9.59 Å². The molecule has 0 aliphatic heterocycles. The Morgan fingerprint density at radius 2 is 1.68 bits per heavy atom. The Hall–Kier alpha value is -2.79. The Bertz CT molecular complexity index is 917. The zero-order valence-electron chi connectivity index (χ0n) is 16.2. The summed E-state index contributed by atoms with van der Waals surface area (Å²) >= 11 is 0. The van der Waals surface area contributed by atoms with E-state index in [2.05, 4.69) is 5.32 Å². The van der Waals surface area contributed by atoms with Crippen LogP contribution in [0.25, 0.3) is 0 Å². The van der Waals surface area contributed by atoms with Crippen molar-refractivity contribution in [2.75, 3.05) is 5.32 Å². The van der Waals surface area contributed by atoms with Crippen LogP contribution in [0, 0.1) is 11.7 Å². The molecule has 0 saturated heterocycles. The second-order valence-corrected chi connectivity index (χ2v) is 7.59. The quantitative estimate of drug-likeness (QED) is 0.814. The summed E-state index contributed by atoms with van der Waals surface area (Å²) < 4.78 is 13.5. The number of aliphatic hydroxyl groups is 1. The average Bonchev–Trinajstić information content (AvgIpc) is 2.61. The van der Waals surface area contributed by atoms with Gasteiger partial charge in [-0.05, 0) is 50.6 Å². The Labute approximate surface area is 164 Å². The van der Waals surface area contributed by atoms with Gasteiger partial charge in [-0.25, -0.2) is 4.39 Å². The molecule has 0 spiro atoms. The van der Waals surface area contributed by atoms with Crippen LogP contribution < -0.4 is 5.32 Å². The molecule has 0 radical (unpaired) electrons. The highest BCUT2D eigenvalue weighted by molar-refractivity contribution is 5.98. The second-order valence-electron chi connectivity index (χ2n) is 7.59. The summed E-state index contributed by atoms with van der Waals surface area (Å²) in [5, 5.41) is 14.4. The van der Waals surface area contributed by atoms with Crippen molar-refractivity contribution < 1.29 is 19.1 Å². The molecule has 1 aliphatic carbocycles. The Morgan fingerprint density at radius 3 is 2.21 bits per heavy atom. The maximum absolute atomic E-state index is 13.5. The van der Waals surface area contributed by atoms with E-state index < -0.39 is 23.3 Å². The largest absolute Gasteiger partial charge is 0.389 e. The highest BCUT2D eigenvalue weighted by atomic mass is 19.1. The maximum atomic E-state index is 13.5. The van der Waals surface area contributed by atoms with Gasteiger partial charge in [-0.15, -0.1) is 0 Å². The van der Waals surface area contributed by atoms with Gasteiger partial charge in [0.05, 0.1) is 11.5 Å². The molecule has 146 valence electrons. The topological polar surface area (TPSA) is 66.4 Å². The molecular formula is C23H24FNO3. The van der Waals surface area contributed by atoms with Gasteiger partial charge in [0.2, 0.25) is 0 Å². The summed E-state index contributed by atoms with van der Waals surface area (Å²) in [6.07, 6.45) is 0.138. The molecule has 0 saturated carbocycles. The van der Waals surface area contributed by atoms with Crippen molar-refractivity contribution in [2.24, 2.45) is 5.92 Å². The highest BCUT2D eigenvalue weighted by Crippen LogP contribution is 2.47. The van der Waals surface area contributed by atoms with Crippen LogP contribution in [0.4, 0.5) is 10.1 Å². The first kappa shape index (κ1) is 20.0. The lowest BCUT2D eigenvalue weighted by atomic mass is 9.64. The van der Waals surface area contributed by atoms with Gasteiger partial charge in [-0.2, -0.15) is 0 Å². The van der Waals surface area contributed by atoms with Gasteiger partial charge < -0.3 is 10.4 Å². The zero-order chi connectivity index (χ0) is 20.5. The van der Waals surface area contributed by atoms with E-state index in [4.69, 9.17) is 0 Å². The van der Waals surface area contributed by atoms with Crippen molar-refractivity contribution in [1.82, 2.24) is 0 Å². The number of Topliss-reactive ketones (excluding diaryl/α,β-unsaturated/α-hetero) is 2. The number of hydrogen-bond donors (Lipinski definition) is 2. The molecule has 0 heterocycles. The van der Waals surface area contributed by atoms with Crippen LogP contribution in [-0.4, -0.2) is 22.3 Å². The molecule has 2 N–H and O–H groups in total.